The summed E-state index contributed by atoms with van der Waals surface area (Å²) in [6.07, 6.45) is -0.0482. The van der Waals surface area contributed by atoms with Crippen molar-refractivity contribution in [2.24, 2.45) is 0 Å². The van der Waals surface area contributed by atoms with Crippen molar-refractivity contribution in [3.05, 3.63) is 54.6 Å². The molecule has 1 saturated heterocycles. The van der Waals surface area contributed by atoms with Gasteiger partial charge in [0.25, 0.3) is 5.91 Å². The largest absolute Gasteiger partial charge is 0.481 e. The van der Waals surface area contributed by atoms with Crippen molar-refractivity contribution >= 4 is 11.8 Å². The van der Waals surface area contributed by atoms with E-state index in [9.17, 15) is 9.59 Å². The van der Waals surface area contributed by atoms with Gasteiger partial charge in [-0.15, -0.1) is 0 Å². The molecule has 5 nitrogen and oxygen atoms in total. The van der Waals surface area contributed by atoms with E-state index in [1.165, 1.54) is 0 Å². The van der Waals surface area contributed by atoms with Gasteiger partial charge in [0.15, 0.2) is 6.10 Å². The molecule has 0 aromatic heterocycles. The van der Waals surface area contributed by atoms with E-state index < -0.39 is 6.10 Å². The summed E-state index contributed by atoms with van der Waals surface area (Å²) in [4.78, 5) is 28.0. The zero-order valence-corrected chi connectivity index (χ0v) is 15.9. The predicted octanol–water partition coefficient (Wildman–Crippen LogP) is 3.20. The van der Waals surface area contributed by atoms with Gasteiger partial charge in [-0.25, -0.2) is 0 Å². The summed E-state index contributed by atoms with van der Waals surface area (Å²) in [5, 5.41) is 0. The molecule has 142 valence electrons. The minimum Gasteiger partial charge on any atom is -0.481 e. The highest BCUT2D eigenvalue weighted by Crippen LogP contribution is 2.23. The minimum atomic E-state index is -0.555. The maximum atomic E-state index is 12.6. The second-order valence-electron chi connectivity index (χ2n) is 6.71. The highest BCUT2D eigenvalue weighted by molar-refractivity contribution is 5.81. The Kier molecular flexibility index (Phi) is 6.12. The van der Waals surface area contributed by atoms with E-state index in [0.29, 0.717) is 38.3 Å². The Morgan fingerprint density at radius 1 is 0.889 bits per heavy atom. The third-order valence-corrected chi connectivity index (χ3v) is 4.87. The van der Waals surface area contributed by atoms with E-state index in [1.54, 1.807) is 11.8 Å². The fourth-order valence-corrected chi connectivity index (χ4v) is 3.27. The van der Waals surface area contributed by atoms with E-state index in [-0.39, 0.29) is 11.8 Å². The fourth-order valence-electron chi connectivity index (χ4n) is 3.27. The summed E-state index contributed by atoms with van der Waals surface area (Å²) in [6, 6.07) is 17.9. The van der Waals surface area contributed by atoms with Crippen molar-refractivity contribution in [3.8, 4) is 16.9 Å². The maximum absolute atomic E-state index is 12.6. The molecule has 1 fully saturated rings. The molecule has 1 unspecified atom stereocenters. The lowest BCUT2D eigenvalue weighted by molar-refractivity contribution is -0.143. The van der Waals surface area contributed by atoms with Crippen LogP contribution >= 0.6 is 0 Å². The third kappa shape index (κ3) is 4.67. The molecule has 2 aromatic rings. The topological polar surface area (TPSA) is 49.9 Å². The summed E-state index contributed by atoms with van der Waals surface area (Å²) in [7, 11) is 0. The van der Waals surface area contributed by atoms with E-state index >= 15 is 0 Å². The highest BCUT2D eigenvalue weighted by atomic mass is 16.5. The molecule has 0 spiro atoms. The van der Waals surface area contributed by atoms with Crippen molar-refractivity contribution in [1.29, 1.82) is 0 Å². The Hall–Kier alpha value is -2.82. The number of ether oxygens (including phenoxy) is 1. The molecular formula is C22H26N2O3. The smallest absolute Gasteiger partial charge is 0.263 e. The number of carbonyl (C=O) groups is 2. The van der Waals surface area contributed by atoms with Crippen LogP contribution in [0, 0.1) is 0 Å². The summed E-state index contributed by atoms with van der Waals surface area (Å²) in [5.41, 5.74) is 2.26. The molecule has 3 rings (SSSR count). The van der Waals surface area contributed by atoms with Gasteiger partial charge in [0, 0.05) is 32.6 Å². The Bertz CT molecular complexity index is 766. The molecule has 1 aliphatic heterocycles. The SMILES string of the molecule is CCC(=O)N1CCN(C(=O)C(C)Oc2ccc(-c3ccccc3)cc2)CC1. The number of hydrogen-bond acceptors (Lipinski definition) is 3. The van der Waals surface area contributed by atoms with Crippen LogP contribution in [0.5, 0.6) is 5.75 Å². The van der Waals surface area contributed by atoms with Crippen molar-refractivity contribution in [3.63, 3.8) is 0 Å². The number of hydrogen-bond donors (Lipinski definition) is 0. The van der Waals surface area contributed by atoms with Gasteiger partial charge in [-0.3, -0.25) is 9.59 Å². The normalized spacial score (nSPS) is 15.3. The van der Waals surface area contributed by atoms with Gasteiger partial charge in [0.05, 0.1) is 0 Å². The van der Waals surface area contributed by atoms with E-state index in [4.69, 9.17) is 4.74 Å². The quantitative estimate of drug-likeness (QED) is 0.816. The van der Waals surface area contributed by atoms with Gasteiger partial charge in [0.2, 0.25) is 5.91 Å². The molecule has 0 saturated carbocycles. The van der Waals surface area contributed by atoms with Gasteiger partial charge in [-0.2, -0.15) is 0 Å². The molecule has 2 aromatic carbocycles. The molecule has 1 aliphatic rings. The second-order valence-corrected chi connectivity index (χ2v) is 6.71. The average molecular weight is 366 g/mol. The number of amides is 2. The van der Waals surface area contributed by atoms with E-state index in [2.05, 4.69) is 12.1 Å². The Morgan fingerprint density at radius 3 is 2.04 bits per heavy atom. The lowest BCUT2D eigenvalue weighted by atomic mass is 10.1. The molecule has 0 radical (unpaired) electrons. The second kappa shape index (κ2) is 8.71. The van der Waals surface area contributed by atoms with Crippen LogP contribution < -0.4 is 4.74 Å². The maximum Gasteiger partial charge on any atom is 0.263 e. The molecular weight excluding hydrogens is 340 g/mol. The average Bonchev–Trinajstić information content (AvgIpc) is 2.74. The zero-order valence-electron chi connectivity index (χ0n) is 15.9. The van der Waals surface area contributed by atoms with E-state index in [0.717, 1.165) is 11.1 Å². The first-order chi connectivity index (χ1) is 13.1. The molecule has 1 heterocycles. The fraction of sp³-hybridized carbons (Fsp3) is 0.364. The van der Waals surface area contributed by atoms with Crippen LogP contribution in [0.3, 0.4) is 0 Å². The zero-order chi connectivity index (χ0) is 19.2. The first-order valence-electron chi connectivity index (χ1n) is 9.47. The third-order valence-electron chi connectivity index (χ3n) is 4.87. The first-order valence-corrected chi connectivity index (χ1v) is 9.47. The number of benzene rings is 2. The van der Waals surface area contributed by atoms with Crippen molar-refractivity contribution < 1.29 is 14.3 Å². The number of carbonyl (C=O) groups excluding carboxylic acids is 2. The van der Waals surface area contributed by atoms with Crippen LogP contribution in [0.15, 0.2) is 54.6 Å². The van der Waals surface area contributed by atoms with Gasteiger partial charge in [-0.1, -0.05) is 49.4 Å². The van der Waals surface area contributed by atoms with Crippen molar-refractivity contribution in [2.45, 2.75) is 26.4 Å². The van der Waals surface area contributed by atoms with Crippen LogP contribution in [0.1, 0.15) is 20.3 Å². The monoisotopic (exact) mass is 366 g/mol. The van der Waals surface area contributed by atoms with Gasteiger partial charge in [-0.05, 0) is 30.2 Å². The number of piperazine rings is 1. The van der Waals surface area contributed by atoms with Crippen LogP contribution in [-0.4, -0.2) is 53.9 Å². The summed E-state index contributed by atoms with van der Waals surface area (Å²) in [5.74, 6) is 0.783. The van der Waals surface area contributed by atoms with Crippen molar-refractivity contribution in [1.82, 2.24) is 9.80 Å². The van der Waals surface area contributed by atoms with Crippen LogP contribution in [0.2, 0.25) is 0 Å². The number of rotatable bonds is 5. The standard InChI is InChI=1S/C22H26N2O3/c1-3-21(25)23-13-15-24(16-14-23)22(26)17(2)27-20-11-9-19(10-12-20)18-7-5-4-6-8-18/h4-12,17H,3,13-16H2,1-2H3. The molecule has 27 heavy (non-hydrogen) atoms. The first kappa shape index (κ1) is 19.0. The summed E-state index contributed by atoms with van der Waals surface area (Å²) >= 11 is 0. The van der Waals surface area contributed by atoms with Crippen LogP contribution in [-0.2, 0) is 9.59 Å². The summed E-state index contributed by atoms with van der Waals surface area (Å²) < 4.78 is 5.84. The molecule has 1 atom stereocenters. The molecule has 0 bridgehead atoms. The highest BCUT2D eigenvalue weighted by Gasteiger charge is 2.27. The van der Waals surface area contributed by atoms with Crippen LogP contribution in [0.25, 0.3) is 11.1 Å². The summed E-state index contributed by atoms with van der Waals surface area (Å²) in [6.45, 7) is 5.94. The van der Waals surface area contributed by atoms with Gasteiger partial charge >= 0.3 is 0 Å². The number of nitrogens with zero attached hydrogens (tertiary/aromatic N) is 2. The molecule has 5 heteroatoms. The minimum absolute atomic E-state index is 0.0364. The predicted molar refractivity (Wildman–Crippen MR) is 105 cm³/mol. The molecule has 0 aliphatic carbocycles. The van der Waals surface area contributed by atoms with E-state index in [1.807, 2.05) is 54.3 Å². The molecule has 2 amide bonds. The Balaban J connectivity index is 1.55. The Morgan fingerprint density at radius 2 is 1.44 bits per heavy atom. The van der Waals surface area contributed by atoms with Gasteiger partial charge < -0.3 is 14.5 Å². The van der Waals surface area contributed by atoms with Crippen LogP contribution in [0.4, 0.5) is 0 Å². The molecule has 0 N–H and O–H groups in total. The van der Waals surface area contributed by atoms with Crippen molar-refractivity contribution in [2.75, 3.05) is 26.2 Å². The Labute approximate surface area is 160 Å². The van der Waals surface area contributed by atoms with Gasteiger partial charge in [0.1, 0.15) is 5.75 Å². The lowest BCUT2D eigenvalue weighted by Gasteiger charge is -2.35. The lowest BCUT2D eigenvalue weighted by Crippen LogP contribution is -2.53.